The fourth-order valence-corrected chi connectivity index (χ4v) is 1.49. The van der Waals surface area contributed by atoms with Crippen LogP contribution < -0.4 is 10.6 Å². The Morgan fingerprint density at radius 2 is 1.89 bits per heavy atom. The highest BCUT2D eigenvalue weighted by Crippen LogP contribution is 2.17. The van der Waals surface area contributed by atoms with Crippen LogP contribution in [-0.4, -0.2) is 29.7 Å². The van der Waals surface area contributed by atoms with Crippen molar-refractivity contribution in [2.75, 3.05) is 18.5 Å². The molecule has 0 aliphatic heterocycles. The van der Waals surface area contributed by atoms with Gasteiger partial charge in [0.2, 0.25) is 5.91 Å². The number of anilines is 1. The maximum atomic E-state index is 13.3. The summed E-state index contributed by atoms with van der Waals surface area (Å²) >= 11 is 0. The Balaban J connectivity index is 2.57. The molecule has 0 aliphatic rings. The number of carbonyl (C=O) groups is 1. The molecule has 1 rings (SSSR count). The summed E-state index contributed by atoms with van der Waals surface area (Å²) in [4.78, 5) is 11.6. The molecule has 1 amide bonds. The van der Waals surface area contributed by atoms with Crippen molar-refractivity contribution in [3.05, 3.63) is 29.8 Å². The number of rotatable bonds is 6. The molecule has 4 nitrogen and oxygen atoms in total. The van der Waals surface area contributed by atoms with Crippen molar-refractivity contribution < 1.29 is 18.7 Å². The Labute approximate surface area is 110 Å². The minimum Gasteiger partial charge on any atom is -0.396 e. The molecule has 0 radical (unpaired) electrons. The van der Waals surface area contributed by atoms with Crippen LogP contribution in [0.5, 0.6) is 0 Å². The maximum absolute atomic E-state index is 13.3. The molecule has 0 spiro atoms. The molecular formula is C13H18F2N2O2. The van der Waals surface area contributed by atoms with Gasteiger partial charge in [0, 0.05) is 12.1 Å². The van der Waals surface area contributed by atoms with Crippen LogP contribution >= 0.6 is 0 Å². The van der Waals surface area contributed by atoms with Crippen LogP contribution in [0.25, 0.3) is 0 Å². The first kappa shape index (κ1) is 15.5. The number of hydrogen-bond acceptors (Lipinski definition) is 3. The Bertz CT molecular complexity index is 430. The van der Waals surface area contributed by atoms with Crippen LogP contribution in [0.3, 0.4) is 0 Å². The van der Waals surface area contributed by atoms with E-state index in [1.54, 1.807) is 0 Å². The van der Waals surface area contributed by atoms with Crippen molar-refractivity contribution in [2.24, 2.45) is 0 Å². The van der Waals surface area contributed by atoms with E-state index in [1.165, 1.54) is 6.07 Å². The number of para-hydroxylation sites is 1. The van der Waals surface area contributed by atoms with E-state index in [0.29, 0.717) is 6.42 Å². The summed E-state index contributed by atoms with van der Waals surface area (Å²) in [6, 6.07) is 3.37. The Kier molecular flexibility index (Phi) is 5.38. The van der Waals surface area contributed by atoms with Gasteiger partial charge in [-0.3, -0.25) is 4.79 Å². The molecule has 0 fully saturated rings. The smallest absolute Gasteiger partial charge is 0.238 e. The fraction of sp³-hybridized carbons (Fsp3) is 0.462. The summed E-state index contributed by atoms with van der Waals surface area (Å²) in [5, 5.41) is 13.9. The second kappa shape index (κ2) is 6.58. The molecule has 6 heteroatoms. The Hall–Kier alpha value is -1.53. The summed E-state index contributed by atoms with van der Waals surface area (Å²) in [5.74, 6) is -2.18. The van der Waals surface area contributed by atoms with Crippen molar-refractivity contribution in [3.8, 4) is 0 Å². The lowest BCUT2D eigenvalue weighted by Crippen LogP contribution is -2.44. The van der Waals surface area contributed by atoms with Crippen LogP contribution in [-0.2, 0) is 4.79 Å². The lowest BCUT2D eigenvalue weighted by Gasteiger charge is -2.25. The average Bonchev–Trinajstić information content (AvgIpc) is 2.32. The fourth-order valence-electron chi connectivity index (χ4n) is 1.49. The molecule has 3 N–H and O–H groups in total. The van der Waals surface area contributed by atoms with E-state index < -0.39 is 28.8 Å². The second-order valence-corrected chi connectivity index (χ2v) is 4.86. The molecule has 1 aromatic rings. The highest BCUT2D eigenvalue weighted by Gasteiger charge is 2.18. The monoisotopic (exact) mass is 272 g/mol. The number of carbonyl (C=O) groups excluding carboxylic acids is 1. The van der Waals surface area contributed by atoms with Gasteiger partial charge in [-0.05, 0) is 32.4 Å². The zero-order chi connectivity index (χ0) is 14.5. The quantitative estimate of drug-likeness (QED) is 0.738. The lowest BCUT2D eigenvalue weighted by atomic mass is 10.0. The van der Waals surface area contributed by atoms with E-state index in [0.717, 1.165) is 12.1 Å². The first-order chi connectivity index (χ1) is 8.85. The van der Waals surface area contributed by atoms with Gasteiger partial charge in [-0.15, -0.1) is 0 Å². The summed E-state index contributed by atoms with van der Waals surface area (Å²) in [6.45, 7) is 3.53. The average molecular weight is 272 g/mol. The van der Waals surface area contributed by atoms with Crippen LogP contribution in [0.1, 0.15) is 20.3 Å². The highest BCUT2D eigenvalue weighted by molar-refractivity contribution is 5.92. The second-order valence-electron chi connectivity index (χ2n) is 4.86. The molecule has 0 saturated heterocycles. The van der Waals surface area contributed by atoms with Crippen molar-refractivity contribution >= 4 is 11.6 Å². The zero-order valence-corrected chi connectivity index (χ0v) is 11.0. The van der Waals surface area contributed by atoms with E-state index in [2.05, 4.69) is 10.6 Å². The van der Waals surface area contributed by atoms with E-state index in [9.17, 15) is 13.6 Å². The maximum Gasteiger partial charge on any atom is 0.238 e. The molecule has 0 aromatic heterocycles. The molecule has 0 saturated carbocycles. The van der Waals surface area contributed by atoms with E-state index in [1.807, 2.05) is 13.8 Å². The molecule has 0 bridgehead atoms. The van der Waals surface area contributed by atoms with Gasteiger partial charge in [-0.25, -0.2) is 8.78 Å². The van der Waals surface area contributed by atoms with Gasteiger partial charge < -0.3 is 15.7 Å². The summed E-state index contributed by atoms with van der Waals surface area (Å²) in [6.07, 6.45) is 0.467. The Morgan fingerprint density at radius 1 is 1.32 bits per heavy atom. The van der Waals surface area contributed by atoms with Gasteiger partial charge in [0.25, 0.3) is 0 Å². The standard InChI is InChI=1S/C13H18F2N2O2/c1-13(2,6-7-18)16-8-11(19)17-12-9(14)4-3-5-10(12)15/h3-5,16,18H,6-8H2,1-2H3,(H,17,19). The van der Waals surface area contributed by atoms with Gasteiger partial charge >= 0.3 is 0 Å². The molecule has 0 aliphatic carbocycles. The van der Waals surface area contributed by atoms with Gasteiger partial charge in [0.1, 0.15) is 17.3 Å². The topological polar surface area (TPSA) is 61.4 Å². The third-order valence-corrected chi connectivity index (χ3v) is 2.69. The van der Waals surface area contributed by atoms with Gasteiger partial charge in [-0.1, -0.05) is 6.07 Å². The van der Waals surface area contributed by atoms with Gasteiger partial charge in [0.05, 0.1) is 6.54 Å². The summed E-state index contributed by atoms with van der Waals surface area (Å²) in [5.41, 5.74) is -0.880. The third-order valence-electron chi connectivity index (χ3n) is 2.69. The number of aliphatic hydroxyl groups is 1. The molecule has 0 atom stereocenters. The molecule has 106 valence electrons. The van der Waals surface area contributed by atoms with Gasteiger partial charge in [-0.2, -0.15) is 0 Å². The Morgan fingerprint density at radius 3 is 2.42 bits per heavy atom. The highest BCUT2D eigenvalue weighted by atomic mass is 19.1. The van der Waals surface area contributed by atoms with Crippen LogP contribution in [0.15, 0.2) is 18.2 Å². The summed E-state index contributed by atoms with van der Waals surface area (Å²) < 4.78 is 26.6. The SMILES string of the molecule is CC(C)(CCO)NCC(=O)Nc1c(F)cccc1F. The molecular weight excluding hydrogens is 254 g/mol. The van der Waals surface area contributed by atoms with Crippen molar-refractivity contribution in [1.82, 2.24) is 5.32 Å². The number of amides is 1. The minimum atomic E-state index is -0.817. The number of nitrogens with one attached hydrogen (secondary N) is 2. The van der Waals surface area contributed by atoms with Crippen LogP contribution in [0.4, 0.5) is 14.5 Å². The number of benzene rings is 1. The van der Waals surface area contributed by atoms with Crippen molar-refractivity contribution in [1.29, 1.82) is 0 Å². The minimum absolute atomic E-state index is 0.0104. The first-order valence-electron chi connectivity index (χ1n) is 5.95. The number of hydrogen-bond donors (Lipinski definition) is 3. The largest absolute Gasteiger partial charge is 0.396 e. The van der Waals surface area contributed by atoms with Crippen LogP contribution in [0.2, 0.25) is 0 Å². The molecule has 0 heterocycles. The number of halogens is 2. The van der Waals surface area contributed by atoms with Crippen molar-refractivity contribution in [3.63, 3.8) is 0 Å². The van der Waals surface area contributed by atoms with Gasteiger partial charge in [0.15, 0.2) is 0 Å². The molecule has 0 unspecified atom stereocenters. The molecule has 1 aromatic carbocycles. The third kappa shape index (κ3) is 4.92. The zero-order valence-electron chi connectivity index (χ0n) is 11.0. The van der Waals surface area contributed by atoms with E-state index in [-0.39, 0.29) is 13.2 Å². The summed E-state index contributed by atoms with van der Waals surface area (Å²) in [7, 11) is 0. The van der Waals surface area contributed by atoms with E-state index >= 15 is 0 Å². The normalized spacial score (nSPS) is 11.4. The van der Waals surface area contributed by atoms with Crippen LogP contribution in [0, 0.1) is 11.6 Å². The predicted molar refractivity (Wildman–Crippen MR) is 68.8 cm³/mol. The van der Waals surface area contributed by atoms with Crippen molar-refractivity contribution in [2.45, 2.75) is 25.8 Å². The first-order valence-corrected chi connectivity index (χ1v) is 5.95. The predicted octanol–water partition coefficient (Wildman–Crippen LogP) is 1.65. The number of aliphatic hydroxyl groups excluding tert-OH is 1. The lowest BCUT2D eigenvalue weighted by molar-refractivity contribution is -0.115. The van der Waals surface area contributed by atoms with E-state index in [4.69, 9.17) is 5.11 Å². The molecule has 19 heavy (non-hydrogen) atoms.